The Labute approximate surface area is 97.7 Å². The summed E-state index contributed by atoms with van der Waals surface area (Å²) in [4.78, 5) is 14.8. The summed E-state index contributed by atoms with van der Waals surface area (Å²) in [5.41, 5.74) is 0.440. The first-order chi connectivity index (χ1) is 7.75. The highest BCUT2D eigenvalue weighted by atomic mass is 35.5. The lowest BCUT2D eigenvalue weighted by molar-refractivity contribution is 0.108. The predicted molar refractivity (Wildman–Crippen MR) is 60.9 cm³/mol. The van der Waals surface area contributed by atoms with E-state index in [1.54, 1.807) is 36.5 Å². The molecule has 2 aromatic rings. The number of pyridine rings is 1. The van der Waals surface area contributed by atoms with Crippen molar-refractivity contribution >= 4 is 16.8 Å². The summed E-state index contributed by atoms with van der Waals surface area (Å²) < 4.78 is 5.45. The monoisotopic (exact) mass is 233 g/mol. The largest absolute Gasteiger partial charge is 0.439 e. The van der Waals surface area contributed by atoms with Gasteiger partial charge in [0, 0.05) is 17.8 Å². The van der Waals surface area contributed by atoms with E-state index in [1.807, 2.05) is 12.1 Å². The van der Waals surface area contributed by atoms with Gasteiger partial charge in [-0.2, -0.15) is 0 Å². The van der Waals surface area contributed by atoms with Gasteiger partial charge in [0.2, 0.25) is 5.88 Å². The molecule has 0 N–H and O–H groups in total. The lowest BCUT2D eigenvalue weighted by Gasteiger charge is -2.03. The van der Waals surface area contributed by atoms with Gasteiger partial charge in [-0.3, -0.25) is 4.79 Å². The van der Waals surface area contributed by atoms with Crippen molar-refractivity contribution in [3.05, 3.63) is 54.2 Å². The van der Waals surface area contributed by atoms with Gasteiger partial charge in [-0.1, -0.05) is 6.07 Å². The van der Waals surface area contributed by atoms with Crippen LogP contribution >= 0.6 is 11.6 Å². The van der Waals surface area contributed by atoms with Gasteiger partial charge in [0.15, 0.2) is 0 Å². The van der Waals surface area contributed by atoms with Gasteiger partial charge >= 0.3 is 0 Å². The quantitative estimate of drug-likeness (QED) is 0.764. The van der Waals surface area contributed by atoms with E-state index in [1.165, 1.54) is 0 Å². The van der Waals surface area contributed by atoms with E-state index in [0.29, 0.717) is 17.2 Å². The lowest BCUT2D eigenvalue weighted by atomic mass is 10.2. The maximum Gasteiger partial charge on any atom is 0.252 e. The molecule has 4 heteroatoms. The Morgan fingerprint density at radius 2 is 1.88 bits per heavy atom. The van der Waals surface area contributed by atoms with Crippen LogP contribution in [0.1, 0.15) is 10.4 Å². The zero-order chi connectivity index (χ0) is 11.4. The number of halogens is 1. The Morgan fingerprint density at radius 3 is 2.44 bits per heavy atom. The van der Waals surface area contributed by atoms with Crippen LogP contribution in [0.4, 0.5) is 0 Å². The van der Waals surface area contributed by atoms with E-state index < -0.39 is 5.24 Å². The summed E-state index contributed by atoms with van der Waals surface area (Å²) in [6.45, 7) is 0. The number of ether oxygens (including phenoxy) is 1. The molecule has 0 fully saturated rings. The molecule has 1 aromatic heterocycles. The van der Waals surface area contributed by atoms with Crippen LogP contribution in [-0.4, -0.2) is 10.2 Å². The smallest absolute Gasteiger partial charge is 0.252 e. The van der Waals surface area contributed by atoms with Gasteiger partial charge in [0.05, 0.1) is 0 Å². The van der Waals surface area contributed by atoms with Crippen molar-refractivity contribution in [2.45, 2.75) is 0 Å². The molecular formula is C12H8ClNO2. The number of carbonyl (C=O) groups is 1. The standard InChI is InChI=1S/C12H8ClNO2/c13-12(15)9-4-6-10(7-5-9)16-11-3-1-2-8-14-11/h1-8H. The summed E-state index contributed by atoms with van der Waals surface area (Å²) in [5, 5.41) is -0.482. The van der Waals surface area contributed by atoms with E-state index in [-0.39, 0.29) is 0 Å². The first kappa shape index (κ1) is 10.6. The van der Waals surface area contributed by atoms with Gasteiger partial charge in [-0.15, -0.1) is 0 Å². The Morgan fingerprint density at radius 1 is 1.12 bits per heavy atom. The molecule has 0 saturated carbocycles. The zero-order valence-corrected chi connectivity index (χ0v) is 9.02. The van der Waals surface area contributed by atoms with Crippen LogP contribution in [0, 0.1) is 0 Å². The fourth-order valence-electron chi connectivity index (χ4n) is 1.18. The number of benzene rings is 1. The van der Waals surface area contributed by atoms with E-state index >= 15 is 0 Å². The number of carbonyl (C=O) groups excluding carboxylic acids is 1. The van der Waals surface area contributed by atoms with Gasteiger partial charge in [-0.25, -0.2) is 4.98 Å². The summed E-state index contributed by atoms with van der Waals surface area (Å²) in [6, 6.07) is 11.9. The molecule has 2 rings (SSSR count). The molecule has 0 atom stereocenters. The molecule has 0 aliphatic carbocycles. The summed E-state index contributed by atoms with van der Waals surface area (Å²) in [5.74, 6) is 1.12. The summed E-state index contributed by atoms with van der Waals surface area (Å²) in [7, 11) is 0. The Hall–Kier alpha value is -1.87. The molecule has 0 radical (unpaired) electrons. The number of rotatable bonds is 3. The molecule has 0 bridgehead atoms. The van der Waals surface area contributed by atoms with E-state index in [2.05, 4.69) is 4.98 Å². The van der Waals surface area contributed by atoms with Crippen molar-refractivity contribution in [3.63, 3.8) is 0 Å². The minimum atomic E-state index is -0.482. The van der Waals surface area contributed by atoms with Crippen molar-refractivity contribution in [3.8, 4) is 11.6 Å². The average Bonchev–Trinajstić information content (AvgIpc) is 2.31. The van der Waals surface area contributed by atoms with Crippen molar-refractivity contribution < 1.29 is 9.53 Å². The van der Waals surface area contributed by atoms with Crippen LogP contribution in [0.25, 0.3) is 0 Å². The van der Waals surface area contributed by atoms with Crippen LogP contribution in [-0.2, 0) is 0 Å². The van der Waals surface area contributed by atoms with Crippen LogP contribution in [0.2, 0.25) is 0 Å². The van der Waals surface area contributed by atoms with Crippen molar-refractivity contribution in [2.75, 3.05) is 0 Å². The summed E-state index contributed by atoms with van der Waals surface area (Å²) >= 11 is 5.32. The van der Waals surface area contributed by atoms with Crippen molar-refractivity contribution in [1.29, 1.82) is 0 Å². The van der Waals surface area contributed by atoms with Crippen LogP contribution in [0.15, 0.2) is 48.7 Å². The number of hydrogen-bond acceptors (Lipinski definition) is 3. The number of nitrogens with zero attached hydrogens (tertiary/aromatic N) is 1. The molecule has 0 unspecified atom stereocenters. The highest BCUT2D eigenvalue weighted by molar-refractivity contribution is 6.67. The second kappa shape index (κ2) is 4.77. The van der Waals surface area contributed by atoms with E-state index in [4.69, 9.17) is 16.3 Å². The van der Waals surface area contributed by atoms with E-state index in [0.717, 1.165) is 0 Å². The fourth-order valence-corrected chi connectivity index (χ4v) is 1.31. The van der Waals surface area contributed by atoms with Gasteiger partial charge < -0.3 is 4.74 Å². The topological polar surface area (TPSA) is 39.2 Å². The number of hydrogen-bond donors (Lipinski definition) is 0. The third-order valence-corrected chi connectivity index (χ3v) is 2.16. The predicted octanol–water partition coefficient (Wildman–Crippen LogP) is 3.25. The van der Waals surface area contributed by atoms with Crippen LogP contribution in [0.3, 0.4) is 0 Å². The molecule has 16 heavy (non-hydrogen) atoms. The normalized spacial score (nSPS) is 9.81. The summed E-state index contributed by atoms with van der Waals surface area (Å²) in [6.07, 6.45) is 1.64. The molecule has 3 nitrogen and oxygen atoms in total. The minimum absolute atomic E-state index is 0.440. The van der Waals surface area contributed by atoms with Crippen LogP contribution in [0.5, 0.6) is 11.6 Å². The van der Waals surface area contributed by atoms with Crippen molar-refractivity contribution in [1.82, 2.24) is 4.98 Å². The average molecular weight is 234 g/mol. The Kier molecular flexibility index (Phi) is 3.17. The molecule has 0 saturated heterocycles. The first-order valence-electron chi connectivity index (χ1n) is 4.64. The van der Waals surface area contributed by atoms with Gasteiger partial charge in [-0.05, 0) is 41.9 Å². The van der Waals surface area contributed by atoms with Crippen LogP contribution < -0.4 is 4.74 Å². The minimum Gasteiger partial charge on any atom is -0.439 e. The molecule has 0 spiro atoms. The highest BCUT2D eigenvalue weighted by Gasteiger charge is 2.02. The second-order valence-corrected chi connectivity index (χ2v) is 3.41. The molecular weight excluding hydrogens is 226 g/mol. The Balaban J connectivity index is 2.14. The lowest BCUT2D eigenvalue weighted by Crippen LogP contribution is -1.90. The molecule has 1 heterocycles. The molecule has 0 aliphatic heterocycles. The molecule has 80 valence electrons. The highest BCUT2D eigenvalue weighted by Crippen LogP contribution is 2.19. The van der Waals surface area contributed by atoms with Crippen molar-refractivity contribution in [2.24, 2.45) is 0 Å². The zero-order valence-electron chi connectivity index (χ0n) is 8.26. The molecule has 0 amide bonds. The second-order valence-electron chi connectivity index (χ2n) is 3.07. The third-order valence-electron chi connectivity index (χ3n) is 1.94. The van der Waals surface area contributed by atoms with E-state index in [9.17, 15) is 4.79 Å². The first-order valence-corrected chi connectivity index (χ1v) is 5.02. The number of aromatic nitrogens is 1. The SMILES string of the molecule is O=C(Cl)c1ccc(Oc2ccccn2)cc1. The van der Waals surface area contributed by atoms with Gasteiger partial charge in [0.1, 0.15) is 5.75 Å². The molecule has 1 aromatic carbocycles. The molecule has 0 aliphatic rings. The maximum absolute atomic E-state index is 10.8. The Bertz CT molecular complexity index is 482. The van der Waals surface area contributed by atoms with Gasteiger partial charge in [0.25, 0.3) is 5.24 Å². The fraction of sp³-hybridized carbons (Fsp3) is 0. The maximum atomic E-state index is 10.8. The third kappa shape index (κ3) is 2.58.